The number of aryl methyl sites for hydroxylation is 1. The largest absolute Gasteiger partial charge is 0.469 e. The van der Waals surface area contributed by atoms with Gasteiger partial charge in [-0.1, -0.05) is 6.07 Å². The van der Waals surface area contributed by atoms with E-state index < -0.39 is 23.7 Å². The summed E-state index contributed by atoms with van der Waals surface area (Å²) in [4.78, 5) is 23.6. The molecule has 3 N–H and O–H groups in total. The Morgan fingerprint density at radius 2 is 1.96 bits per heavy atom. The van der Waals surface area contributed by atoms with E-state index in [2.05, 4.69) is 5.32 Å². The maximum absolute atomic E-state index is 12.0. The molecule has 1 aromatic carbocycles. The summed E-state index contributed by atoms with van der Waals surface area (Å²) in [6.07, 6.45) is -0.0391. The number of anilines is 1. The van der Waals surface area contributed by atoms with Crippen molar-refractivity contribution in [2.24, 2.45) is 0 Å². The molecule has 6 heteroatoms. The minimum atomic E-state index is -0.604. The SMILES string of the molecule is COC(=O)C[C@@H](Cc1cc(N)ccc1C)NC(=O)OC(C)(C)C. The summed E-state index contributed by atoms with van der Waals surface area (Å²) in [7, 11) is 1.32. The van der Waals surface area contributed by atoms with Gasteiger partial charge in [0.25, 0.3) is 0 Å². The first-order valence-electron chi connectivity index (χ1n) is 7.52. The molecule has 128 valence electrons. The number of benzene rings is 1. The van der Waals surface area contributed by atoms with Gasteiger partial charge in [-0.3, -0.25) is 4.79 Å². The number of nitrogen functional groups attached to an aromatic ring is 1. The highest BCUT2D eigenvalue weighted by Gasteiger charge is 2.22. The van der Waals surface area contributed by atoms with Crippen LogP contribution in [0.2, 0.25) is 0 Å². The number of carbonyl (C=O) groups excluding carboxylic acids is 2. The van der Waals surface area contributed by atoms with E-state index >= 15 is 0 Å². The molecular weight excluding hydrogens is 296 g/mol. The molecule has 0 saturated heterocycles. The molecule has 1 amide bonds. The number of hydrogen-bond acceptors (Lipinski definition) is 5. The molecule has 0 radical (unpaired) electrons. The van der Waals surface area contributed by atoms with E-state index in [1.54, 1.807) is 20.8 Å². The summed E-state index contributed by atoms with van der Waals surface area (Å²) in [6.45, 7) is 7.30. The summed E-state index contributed by atoms with van der Waals surface area (Å²) >= 11 is 0. The molecule has 0 aliphatic rings. The minimum Gasteiger partial charge on any atom is -0.469 e. The highest BCUT2D eigenvalue weighted by molar-refractivity contribution is 5.73. The predicted octanol–water partition coefficient (Wildman–Crippen LogP) is 2.58. The molecule has 0 fully saturated rings. The van der Waals surface area contributed by atoms with E-state index in [4.69, 9.17) is 15.2 Å². The van der Waals surface area contributed by atoms with Gasteiger partial charge in [0.1, 0.15) is 5.60 Å². The average Bonchev–Trinajstić information content (AvgIpc) is 2.40. The Kier molecular flexibility index (Phi) is 6.42. The molecule has 0 aliphatic heterocycles. The number of ether oxygens (including phenoxy) is 2. The normalized spacial score (nSPS) is 12.4. The van der Waals surface area contributed by atoms with Gasteiger partial charge in [-0.2, -0.15) is 0 Å². The Morgan fingerprint density at radius 3 is 2.52 bits per heavy atom. The fourth-order valence-electron chi connectivity index (χ4n) is 2.11. The Bertz CT molecular complexity index is 564. The number of carbonyl (C=O) groups is 2. The van der Waals surface area contributed by atoms with Gasteiger partial charge >= 0.3 is 12.1 Å². The van der Waals surface area contributed by atoms with Crippen LogP contribution in [-0.2, 0) is 20.7 Å². The lowest BCUT2D eigenvalue weighted by atomic mass is 9.98. The topological polar surface area (TPSA) is 90.6 Å². The lowest BCUT2D eigenvalue weighted by Crippen LogP contribution is -2.41. The zero-order valence-corrected chi connectivity index (χ0v) is 14.4. The fraction of sp³-hybridized carbons (Fsp3) is 0.529. The van der Waals surface area contributed by atoms with E-state index in [-0.39, 0.29) is 6.42 Å². The standard InChI is InChI=1S/C17H26N2O4/c1-11-6-7-13(18)8-12(11)9-14(10-15(20)22-5)19-16(21)23-17(2,3)4/h6-8,14H,9-10,18H2,1-5H3,(H,19,21)/t14-/m1/s1. The second kappa shape index (κ2) is 7.85. The van der Waals surface area contributed by atoms with E-state index in [0.717, 1.165) is 11.1 Å². The molecule has 0 saturated carbocycles. The molecule has 23 heavy (non-hydrogen) atoms. The van der Waals surface area contributed by atoms with Crippen LogP contribution in [0.15, 0.2) is 18.2 Å². The van der Waals surface area contributed by atoms with Crippen LogP contribution >= 0.6 is 0 Å². The van der Waals surface area contributed by atoms with Gasteiger partial charge in [-0.05, 0) is 57.4 Å². The first-order valence-corrected chi connectivity index (χ1v) is 7.52. The molecule has 0 heterocycles. The van der Waals surface area contributed by atoms with Gasteiger partial charge in [0.15, 0.2) is 0 Å². The highest BCUT2D eigenvalue weighted by Crippen LogP contribution is 2.16. The monoisotopic (exact) mass is 322 g/mol. The van der Waals surface area contributed by atoms with Gasteiger partial charge in [0.2, 0.25) is 0 Å². The van der Waals surface area contributed by atoms with Gasteiger partial charge in [-0.25, -0.2) is 4.79 Å². The van der Waals surface area contributed by atoms with E-state index in [9.17, 15) is 9.59 Å². The third-order valence-electron chi connectivity index (χ3n) is 3.20. The summed E-state index contributed by atoms with van der Waals surface area (Å²) in [6, 6.07) is 5.14. The van der Waals surface area contributed by atoms with Crippen LogP contribution in [0.4, 0.5) is 10.5 Å². The first kappa shape index (κ1) is 18.8. The summed E-state index contributed by atoms with van der Waals surface area (Å²) in [5.41, 5.74) is 7.86. The smallest absolute Gasteiger partial charge is 0.407 e. The molecule has 1 aromatic rings. The number of amides is 1. The Labute approximate surface area is 137 Å². The number of hydrogen-bond donors (Lipinski definition) is 2. The lowest BCUT2D eigenvalue weighted by Gasteiger charge is -2.23. The minimum absolute atomic E-state index is 0.0595. The molecule has 0 aromatic heterocycles. The number of alkyl carbamates (subject to hydrolysis) is 1. The number of methoxy groups -OCH3 is 1. The van der Waals surface area contributed by atoms with Crippen molar-refractivity contribution in [3.05, 3.63) is 29.3 Å². The van der Waals surface area contributed by atoms with E-state index in [1.807, 2.05) is 25.1 Å². The van der Waals surface area contributed by atoms with Crippen molar-refractivity contribution in [2.75, 3.05) is 12.8 Å². The third-order valence-corrected chi connectivity index (χ3v) is 3.20. The molecular formula is C17H26N2O4. The van der Waals surface area contributed by atoms with Crippen molar-refractivity contribution in [3.8, 4) is 0 Å². The Balaban J connectivity index is 2.85. The zero-order chi connectivity index (χ0) is 17.6. The van der Waals surface area contributed by atoms with Crippen molar-refractivity contribution < 1.29 is 19.1 Å². The van der Waals surface area contributed by atoms with Crippen LogP contribution < -0.4 is 11.1 Å². The van der Waals surface area contributed by atoms with Crippen LogP contribution in [0.25, 0.3) is 0 Å². The first-order chi connectivity index (χ1) is 10.6. The summed E-state index contributed by atoms with van der Waals surface area (Å²) < 4.78 is 9.95. The lowest BCUT2D eigenvalue weighted by molar-refractivity contribution is -0.141. The quantitative estimate of drug-likeness (QED) is 0.642. The van der Waals surface area contributed by atoms with Crippen LogP contribution in [0, 0.1) is 6.92 Å². The number of nitrogens with one attached hydrogen (secondary N) is 1. The van der Waals surface area contributed by atoms with E-state index in [0.29, 0.717) is 12.1 Å². The fourth-order valence-corrected chi connectivity index (χ4v) is 2.11. The Hall–Kier alpha value is -2.24. The van der Waals surface area contributed by atoms with Crippen LogP contribution in [-0.4, -0.2) is 30.8 Å². The van der Waals surface area contributed by atoms with Crippen molar-refractivity contribution in [2.45, 2.75) is 52.2 Å². The number of esters is 1. The molecule has 0 bridgehead atoms. The second-order valence-electron chi connectivity index (χ2n) is 6.51. The number of rotatable bonds is 5. The summed E-state index contributed by atoms with van der Waals surface area (Å²) in [5.74, 6) is -0.396. The van der Waals surface area contributed by atoms with Gasteiger partial charge < -0.3 is 20.5 Å². The molecule has 1 rings (SSSR count). The van der Waals surface area contributed by atoms with Crippen molar-refractivity contribution in [1.82, 2.24) is 5.32 Å². The average molecular weight is 322 g/mol. The predicted molar refractivity (Wildman–Crippen MR) is 89.1 cm³/mol. The summed E-state index contributed by atoms with van der Waals surface area (Å²) in [5, 5.41) is 2.73. The van der Waals surface area contributed by atoms with E-state index in [1.165, 1.54) is 7.11 Å². The molecule has 6 nitrogen and oxygen atoms in total. The van der Waals surface area contributed by atoms with Gasteiger partial charge in [0, 0.05) is 11.7 Å². The van der Waals surface area contributed by atoms with Gasteiger partial charge in [-0.15, -0.1) is 0 Å². The molecule has 0 unspecified atom stereocenters. The van der Waals surface area contributed by atoms with Crippen molar-refractivity contribution >= 4 is 17.7 Å². The second-order valence-corrected chi connectivity index (χ2v) is 6.51. The number of nitrogens with two attached hydrogens (primary N) is 1. The van der Waals surface area contributed by atoms with Crippen LogP contribution in [0.3, 0.4) is 0 Å². The van der Waals surface area contributed by atoms with Gasteiger partial charge in [0.05, 0.1) is 13.5 Å². The molecule has 0 aliphatic carbocycles. The third kappa shape index (κ3) is 7.04. The van der Waals surface area contributed by atoms with Crippen LogP contribution in [0.1, 0.15) is 38.3 Å². The molecule has 1 atom stereocenters. The molecule has 0 spiro atoms. The maximum Gasteiger partial charge on any atom is 0.407 e. The van der Waals surface area contributed by atoms with Crippen molar-refractivity contribution in [1.29, 1.82) is 0 Å². The Morgan fingerprint density at radius 1 is 1.30 bits per heavy atom. The zero-order valence-electron chi connectivity index (χ0n) is 14.4. The van der Waals surface area contributed by atoms with Crippen LogP contribution in [0.5, 0.6) is 0 Å². The van der Waals surface area contributed by atoms with Crippen molar-refractivity contribution in [3.63, 3.8) is 0 Å². The maximum atomic E-state index is 12.0. The highest BCUT2D eigenvalue weighted by atomic mass is 16.6.